The number of rotatable bonds is 4. The number of hydrogen-bond acceptors (Lipinski definition) is 2. The van der Waals surface area contributed by atoms with E-state index in [0.717, 1.165) is 0 Å². The Morgan fingerprint density at radius 1 is 1.12 bits per heavy atom. The summed E-state index contributed by atoms with van der Waals surface area (Å²) in [6.45, 7) is 5.74. The van der Waals surface area contributed by atoms with Crippen LogP contribution < -0.4 is 10.6 Å². The minimum atomic E-state index is -0.607. The van der Waals surface area contributed by atoms with Crippen molar-refractivity contribution in [1.82, 2.24) is 5.32 Å². The maximum absolute atomic E-state index is 13.4. The SMILES string of the molecule is CC(C)NC(C)Nc1c(F)cc(Br)cc1F. The van der Waals surface area contributed by atoms with Crippen molar-refractivity contribution in [1.29, 1.82) is 0 Å². The summed E-state index contributed by atoms with van der Waals surface area (Å²) in [6.07, 6.45) is -0.204. The van der Waals surface area contributed by atoms with E-state index in [0.29, 0.717) is 4.47 Å². The van der Waals surface area contributed by atoms with Crippen LogP contribution in [0.4, 0.5) is 14.5 Å². The second-order valence-electron chi connectivity index (χ2n) is 3.93. The molecule has 0 saturated heterocycles. The fourth-order valence-corrected chi connectivity index (χ4v) is 1.84. The lowest BCUT2D eigenvalue weighted by Gasteiger charge is -2.20. The van der Waals surface area contributed by atoms with Crippen LogP contribution in [0.15, 0.2) is 16.6 Å². The zero-order valence-electron chi connectivity index (χ0n) is 9.44. The van der Waals surface area contributed by atoms with E-state index >= 15 is 0 Å². The van der Waals surface area contributed by atoms with Crippen molar-refractivity contribution in [2.45, 2.75) is 33.0 Å². The van der Waals surface area contributed by atoms with Crippen LogP contribution in [-0.4, -0.2) is 12.2 Å². The van der Waals surface area contributed by atoms with E-state index in [1.807, 2.05) is 13.8 Å². The summed E-state index contributed by atoms with van der Waals surface area (Å²) in [6, 6.07) is 2.70. The molecule has 0 radical (unpaired) electrons. The molecular formula is C11H15BrF2N2. The van der Waals surface area contributed by atoms with Crippen LogP contribution in [0.5, 0.6) is 0 Å². The van der Waals surface area contributed by atoms with Crippen LogP contribution in [0, 0.1) is 11.6 Å². The quantitative estimate of drug-likeness (QED) is 0.830. The lowest BCUT2D eigenvalue weighted by atomic mass is 10.2. The molecule has 2 N–H and O–H groups in total. The molecule has 0 fully saturated rings. The Morgan fingerprint density at radius 2 is 1.62 bits per heavy atom. The average molecular weight is 293 g/mol. The largest absolute Gasteiger partial charge is 0.365 e. The van der Waals surface area contributed by atoms with Gasteiger partial charge in [-0.2, -0.15) is 0 Å². The Balaban J connectivity index is 2.81. The van der Waals surface area contributed by atoms with Crippen molar-refractivity contribution in [2.24, 2.45) is 0 Å². The van der Waals surface area contributed by atoms with Gasteiger partial charge >= 0.3 is 0 Å². The first-order valence-corrected chi connectivity index (χ1v) is 5.86. The van der Waals surface area contributed by atoms with Crippen molar-refractivity contribution in [3.05, 3.63) is 28.2 Å². The number of nitrogens with one attached hydrogen (secondary N) is 2. The van der Waals surface area contributed by atoms with Crippen molar-refractivity contribution in [2.75, 3.05) is 5.32 Å². The van der Waals surface area contributed by atoms with E-state index in [4.69, 9.17) is 0 Å². The van der Waals surface area contributed by atoms with Crippen LogP contribution in [0.2, 0.25) is 0 Å². The van der Waals surface area contributed by atoms with Crippen molar-refractivity contribution >= 4 is 21.6 Å². The smallest absolute Gasteiger partial charge is 0.150 e. The Labute approximate surface area is 103 Å². The van der Waals surface area contributed by atoms with Crippen LogP contribution in [0.1, 0.15) is 20.8 Å². The molecule has 0 heterocycles. The van der Waals surface area contributed by atoms with E-state index in [1.54, 1.807) is 6.92 Å². The van der Waals surface area contributed by atoms with Gasteiger partial charge in [0.1, 0.15) is 17.3 Å². The Bertz CT molecular complexity index is 346. The lowest BCUT2D eigenvalue weighted by molar-refractivity contribution is 0.515. The first-order chi connectivity index (χ1) is 7.40. The summed E-state index contributed by atoms with van der Waals surface area (Å²) < 4.78 is 27.3. The third-order valence-corrected chi connectivity index (χ3v) is 2.41. The predicted molar refractivity (Wildman–Crippen MR) is 65.4 cm³/mol. The van der Waals surface area contributed by atoms with Crippen molar-refractivity contribution in [3.8, 4) is 0 Å². The maximum Gasteiger partial charge on any atom is 0.150 e. The van der Waals surface area contributed by atoms with Gasteiger partial charge in [-0.1, -0.05) is 15.9 Å². The molecule has 0 aliphatic rings. The van der Waals surface area contributed by atoms with Gasteiger partial charge in [-0.15, -0.1) is 0 Å². The number of halogens is 3. The van der Waals surface area contributed by atoms with Gasteiger partial charge in [0.05, 0.1) is 6.17 Å². The second kappa shape index (κ2) is 5.59. The van der Waals surface area contributed by atoms with Gasteiger partial charge in [0.15, 0.2) is 0 Å². The van der Waals surface area contributed by atoms with Gasteiger partial charge in [-0.05, 0) is 32.9 Å². The molecule has 1 rings (SSSR count). The zero-order valence-corrected chi connectivity index (χ0v) is 11.0. The van der Waals surface area contributed by atoms with Crippen molar-refractivity contribution < 1.29 is 8.78 Å². The molecule has 0 aromatic heterocycles. The van der Waals surface area contributed by atoms with E-state index in [1.165, 1.54) is 12.1 Å². The monoisotopic (exact) mass is 292 g/mol. The number of anilines is 1. The highest BCUT2D eigenvalue weighted by atomic mass is 79.9. The summed E-state index contributed by atoms with van der Waals surface area (Å²) in [4.78, 5) is 0. The van der Waals surface area contributed by atoms with E-state index in [2.05, 4.69) is 26.6 Å². The highest BCUT2D eigenvalue weighted by Gasteiger charge is 2.13. The Morgan fingerprint density at radius 3 is 2.06 bits per heavy atom. The maximum atomic E-state index is 13.4. The molecule has 0 bridgehead atoms. The summed E-state index contributed by atoms with van der Waals surface area (Å²) in [5.74, 6) is -1.21. The normalized spacial score (nSPS) is 12.9. The standard InChI is InChI=1S/C11H15BrF2N2/c1-6(2)15-7(3)16-11-9(13)4-8(12)5-10(11)14/h4-7,15-16H,1-3H3. The van der Waals surface area contributed by atoms with Crippen LogP contribution >= 0.6 is 15.9 Å². The van der Waals surface area contributed by atoms with E-state index in [-0.39, 0.29) is 17.9 Å². The molecule has 2 nitrogen and oxygen atoms in total. The Hall–Kier alpha value is -0.680. The van der Waals surface area contributed by atoms with Gasteiger partial charge in [-0.3, -0.25) is 5.32 Å². The minimum Gasteiger partial charge on any atom is -0.365 e. The van der Waals surface area contributed by atoms with E-state index < -0.39 is 11.6 Å². The third kappa shape index (κ3) is 3.72. The molecule has 1 atom stereocenters. The fourth-order valence-electron chi connectivity index (χ4n) is 1.44. The van der Waals surface area contributed by atoms with Gasteiger partial charge in [0.25, 0.3) is 0 Å². The molecule has 1 unspecified atom stereocenters. The number of hydrogen-bond donors (Lipinski definition) is 2. The molecular weight excluding hydrogens is 278 g/mol. The molecule has 0 saturated carbocycles. The zero-order chi connectivity index (χ0) is 12.3. The molecule has 0 aliphatic heterocycles. The molecule has 90 valence electrons. The first-order valence-electron chi connectivity index (χ1n) is 5.07. The number of benzene rings is 1. The second-order valence-corrected chi connectivity index (χ2v) is 4.85. The van der Waals surface area contributed by atoms with Gasteiger partial charge in [0.2, 0.25) is 0 Å². The predicted octanol–water partition coefficient (Wildman–Crippen LogP) is 3.48. The fraction of sp³-hybridized carbons (Fsp3) is 0.455. The first kappa shape index (κ1) is 13.4. The molecule has 0 spiro atoms. The third-order valence-electron chi connectivity index (χ3n) is 1.95. The van der Waals surface area contributed by atoms with Gasteiger partial charge in [-0.25, -0.2) is 8.78 Å². The molecule has 1 aromatic rings. The minimum absolute atomic E-state index is 0.108. The summed E-state index contributed by atoms with van der Waals surface area (Å²) in [7, 11) is 0. The summed E-state index contributed by atoms with van der Waals surface area (Å²) in [5, 5.41) is 5.86. The molecule has 0 aliphatic carbocycles. The van der Waals surface area contributed by atoms with Crippen LogP contribution in [-0.2, 0) is 0 Å². The van der Waals surface area contributed by atoms with Gasteiger partial charge in [0, 0.05) is 10.5 Å². The van der Waals surface area contributed by atoms with E-state index in [9.17, 15) is 8.78 Å². The topological polar surface area (TPSA) is 24.1 Å². The highest BCUT2D eigenvalue weighted by molar-refractivity contribution is 9.10. The summed E-state index contributed by atoms with van der Waals surface area (Å²) >= 11 is 3.03. The van der Waals surface area contributed by atoms with Crippen molar-refractivity contribution in [3.63, 3.8) is 0 Å². The summed E-state index contributed by atoms with van der Waals surface area (Å²) in [5.41, 5.74) is -0.108. The molecule has 0 amide bonds. The molecule has 1 aromatic carbocycles. The molecule has 16 heavy (non-hydrogen) atoms. The molecule has 5 heteroatoms. The average Bonchev–Trinajstić information content (AvgIpc) is 2.09. The Kier molecular flexibility index (Phi) is 4.68. The highest BCUT2D eigenvalue weighted by Crippen LogP contribution is 2.24. The lowest BCUT2D eigenvalue weighted by Crippen LogP contribution is -2.38. The van der Waals surface area contributed by atoms with Crippen LogP contribution in [0.3, 0.4) is 0 Å². The van der Waals surface area contributed by atoms with Crippen LogP contribution in [0.25, 0.3) is 0 Å². The van der Waals surface area contributed by atoms with Gasteiger partial charge < -0.3 is 5.32 Å².